The summed E-state index contributed by atoms with van der Waals surface area (Å²) in [7, 11) is 0. The van der Waals surface area contributed by atoms with E-state index in [1.54, 1.807) is 0 Å². The number of pyridine rings is 1. The van der Waals surface area contributed by atoms with Crippen LogP contribution in [0.3, 0.4) is 0 Å². The lowest BCUT2D eigenvalue weighted by atomic mass is 10.1. The van der Waals surface area contributed by atoms with E-state index in [0.29, 0.717) is 6.54 Å². The highest BCUT2D eigenvalue weighted by Gasteiger charge is 2.25. The molecule has 1 fully saturated rings. The Morgan fingerprint density at radius 1 is 1.32 bits per heavy atom. The van der Waals surface area contributed by atoms with Crippen molar-refractivity contribution in [2.24, 2.45) is 11.7 Å². The predicted octanol–water partition coefficient (Wildman–Crippen LogP) is 2.93. The topological polar surface area (TPSA) is 42.1 Å². The van der Waals surface area contributed by atoms with Gasteiger partial charge in [0.15, 0.2) is 0 Å². The summed E-state index contributed by atoms with van der Waals surface area (Å²) in [6.07, 6.45) is 4.68. The molecule has 0 aliphatic heterocycles. The number of hydrogen-bond acceptors (Lipinski definition) is 3. The molecule has 0 atom stereocenters. The van der Waals surface area contributed by atoms with Crippen molar-refractivity contribution in [2.75, 3.05) is 18.0 Å². The van der Waals surface area contributed by atoms with Crippen molar-refractivity contribution in [1.29, 1.82) is 0 Å². The van der Waals surface area contributed by atoms with E-state index in [9.17, 15) is 0 Å². The van der Waals surface area contributed by atoms with E-state index < -0.39 is 0 Å². The van der Waals surface area contributed by atoms with Crippen LogP contribution in [0.15, 0.2) is 30.5 Å². The van der Waals surface area contributed by atoms with Gasteiger partial charge in [-0.05, 0) is 31.7 Å². The van der Waals surface area contributed by atoms with Crippen LogP contribution in [0.2, 0.25) is 0 Å². The van der Waals surface area contributed by atoms with Crippen LogP contribution >= 0.6 is 0 Å². The number of nitrogens with two attached hydrogens (primary N) is 1. The van der Waals surface area contributed by atoms with E-state index >= 15 is 0 Å². The van der Waals surface area contributed by atoms with Gasteiger partial charge in [0, 0.05) is 36.8 Å². The first kappa shape index (κ1) is 12.4. The van der Waals surface area contributed by atoms with Crippen molar-refractivity contribution in [3.63, 3.8) is 0 Å². The Balaban J connectivity index is 2.11. The lowest BCUT2D eigenvalue weighted by Crippen LogP contribution is -2.27. The second kappa shape index (κ2) is 5.17. The minimum Gasteiger partial charge on any atom is -0.371 e. The molecular formula is C16H21N3. The molecule has 0 saturated heterocycles. The summed E-state index contributed by atoms with van der Waals surface area (Å²) in [5.74, 6) is 0.873. The monoisotopic (exact) mass is 255 g/mol. The maximum Gasteiger partial charge on any atom is 0.0723 e. The van der Waals surface area contributed by atoms with E-state index in [4.69, 9.17) is 5.73 Å². The van der Waals surface area contributed by atoms with Crippen LogP contribution < -0.4 is 10.6 Å². The van der Waals surface area contributed by atoms with Crippen LogP contribution in [0.1, 0.15) is 25.3 Å². The first-order valence-corrected chi connectivity index (χ1v) is 7.15. The van der Waals surface area contributed by atoms with Crippen molar-refractivity contribution in [2.45, 2.75) is 26.3 Å². The van der Waals surface area contributed by atoms with Gasteiger partial charge in [0.25, 0.3) is 0 Å². The van der Waals surface area contributed by atoms with Gasteiger partial charge in [-0.25, -0.2) is 0 Å². The summed E-state index contributed by atoms with van der Waals surface area (Å²) in [4.78, 5) is 6.99. The molecule has 1 aromatic carbocycles. The first-order chi connectivity index (χ1) is 9.33. The molecule has 19 heavy (non-hydrogen) atoms. The Bertz CT molecular complexity index is 575. The highest BCUT2D eigenvalue weighted by atomic mass is 15.1. The van der Waals surface area contributed by atoms with Crippen molar-refractivity contribution >= 4 is 16.6 Å². The number of fused-ring (bicyclic) bond motifs is 1. The molecule has 0 amide bonds. The van der Waals surface area contributed by atoms with Crippen LogP contribution in [0.4, 0.5) is 5.69 Å². The number of para-hydroxylation sites is 1. The van der Waals surface area contributed by atoms with E-state index in [1.165, 1.54) is 23.9 Å². The Kier molecular flexibility index (Phi) is 3.38. The number of hydrogen-bond donors (Lipinski definition) is 1. The minimum absolute atomic E-state index is 0.550. The van der Waals surface area contributed by atoms with Gasteiger partial charge in [0.05, 0.1) is 11.2 Å². The first-order valence-electron chi connectivity index (χ1n) is 7.15. The molecule has 3 heteroatoms. The van der Waals surface area contributed by atoms with Gasteiger partial charge in [-0.1, -0.05) is 18.2 Å². The van der Waals surface area contributed by atoms with Gasteiger partial charge in [-0.15, -0.1) is 0 Å². The molecule has 1 aliphatic rings. The molecule has 1 heterocycles. The number of anilines is 1. The zero-order chi connectivity index (χ0) is 13.2. The highest BCUT2D eigenvalue weighted by molar-refractivity contribution is 5.93. The summed E-state index contributed by atoms with van der Waals surface area (Å²) in [6, 6.07) is 8.35. The van der Waals surface area contributed by atoms with Gasteiger partial charge in [-0.2, -0.15) is 0 Å². The Morgan fingerprint density at radius 2 is 2.11 bits per heavy atom. The molecule has 100 valence electrons. The molecule has 0 spiro atoms. The van der Waals surface area contributed by atoms with Crippen LogP contribution in [-0.2, 0) is 6.54 Å². The van der Waals surface area contributed by atoms with Gasteiger partial charge in [0.1, 0.15) is 0 Å². The Hall–Kier alpha value is -1.61. The summed E-state index contributed by atoms with van der Waals surface area (Å²) in [5.41, 5.74) is 9.42. The molecule has 0 radical (unpaired) electrons. The van der Waals surface area contributed by atoms with E-state index in [-0.39, 0.29) is 0 Å². The predicted molar refractivity (Wildman–Crippen MR) is 80.2 cm³/mol. The smallest absolute Gasteiger partial charge is 0.0723 e. The van der Waals surface area contributed by atoms with E-state index in [0.717, 1.165) is 30.1 Å². The molecular weight excluding hydrogens is 234 g/mol. The Morgan fingerprint density at radius 3 is 2.79 bits per heavy atom. The molecule has 1 saturated carbocycles. The summed E-state index contributed by atoms with van der Waals surface area (Å²) in [5, 5.41) is 1.23. The van der Waals surface area contributed by atoms with E-state index in [1.807, 2.05) is 12.3 Å². The lowest BCUT2D eigenvalue weighted by Gasteiger charge is -2.27. The molecule has 2 N–H and O–H groups in total. The number of benzene rings is 1. The fraction of sp³-hybridized carbons (Fsp3) is 0.438. The average molecular weight is 255 g/mol. The molecule has 2 aromatic rings. The maximum absolute atomic E-state index is 5.91. The fourth-order valence-electron chi connectivity index (χ4n) is 2.68. The summed E-state index contributed by atoms with van der Waals surface area (Å²) >= 11 is 0. The van der Waals surface area contributed by atoms with Gasteiger partial charge in [0.2, 0.25) is 0 Å². The zero-order valence-electron chi connectivity index (χ0n) is 11.5. The third-order valence-electron chi connectivity index (χ3n) is 3.92. The second-order valence-electron chi connectivity index (χ2n) is 5.34. The average Bonchev–Trinajstić information content (AvgIpc) is 3.27. The molecule has 1 aromatic heterocycles. The summed E-state index contributed by atoms with van der Waals surface area (Å²) in [6.45, 7) is 4.95. The van der Waals surface area contributed by atoms with Crippen LogP contribution in [0, 0.1) is 5.92 Å². The van der Waals surface area contributed by atoms with Crippen LogP contribution in [0.5, 0.6) is 0 Å². The quantitative estimate of drug-likeness (QED) is 0.893. The lowest BCUT2D eigenvalue weighted by molar-refractivity contribution is 0.739. The van der Waals surface area contributed by atoms with Gasteiger partial charge < -0.3 is 10.6 Å². The SMILES string of the molecule is CCN(CC1CC1)c1c(CN)cnc2ccccc12. The van der Waals surface area contributed by atoms with Gasteiger partial charge in [-0.3, -0.25) is 4.98 Å². The largest absolute Gasteiger partial charge is 0.371 e. The number of rotatable bonds is 5. The Labute approximate surface area is 114 Å². The van der Waals surface area contributed by atoms with Crippen LogP contribution in [0.25, 0.3) is 10.9 Å². The second-order valence-corrected chi connectivity index (χ2v) is 5.34. The van der Waals surface area contributed by atoms with Crippen LogP contribution in [-0.4, -0.2) is 18.1 Å². The zero-order valence-corrected chi connectivity index (χ0v) is 11.5. The molecule has 1 aliphatic carbocycles. The minimum atomic E-state index is 0.550. The third-order valence-corrected chi connectivity index (χ3v) is 3.92. The van der Waals surface area contributed by atoms with Crippen molar-refractivity contribution in [1.82, 2.24) is 4.98 Å². The standard InChI is InChI=1S/C16H21N3/c1-2-19(11-12-7-8-12)16-13(9-17)10-18-15-6-4-3-5-14(15)16/h3-6,10,12H,2,7-9,11,17H2,1H3. The number of aromatic nitrogens is 1. The van der Waals surface area contributed by atoms with E-state index in [2.05, 4.69) is 35.0 Å². The van der Waals surface area contributed by atoms with Crippen molar-refractivity contribution < 1.29 is 0 Å². The highest BCUT2D eigenvalue weighted by Crippen LogP contribution is 2.35. The normalized spacial score (nSPS) is 14.8. The van der Waals surface area contributed by atoms with Crippen molar-refractivity contribution in [3.8, 4) is 0 Å². The fourth-order valence-corrected chi connectivity index (χ4v) is 2.68. The van der Waals surface area contributed by atoms with Crippen molar-refractivity contribution in [3.05, 3.63) is 36.0 Å². The maximum atomic E-state index is 5.91. The molecule has 0 unspecified atom stereocenters. The molecule has 3 rings (SSSR count). The molecule has 3 nitrogen and oxygen atoms in total. The molecule has 0 bridgehead atoms. The summed E-state index contributed by atoms with van der Waals surface area (Å²) < 4.78 is 0. The number of nitrogens with zero attached hydrogens (tertiary/aromatic N) is 2. The third kappa shape index (κ3) is 2.43. The van der Waals surface area contributed by atoms with Gasteiger partial charge >= 0.3 is 0 Å².